The predicted molar refractivity (Wildman–Crippen MR) is 88.0 cm³/mol. The molecule has 0 saturated carbocycles. The van der Waals surface area contributed by atoms with Gasteiger partial charge in [-0.05, 0) is 26.0 Å². The van der Waals surface area contributed by atoms with Crippen LogP contribution in [0.2, 0.25) is 0 Å². The zero-order valence-corrected chi connectivity index (χ0v) is 13.8. The number of nitrogens with zero attached hydrogens (tertiary/aromatic N) is 2. The van der Waals surface area contributed by atoms with Gasteiger partial charge in [0.1, 0.15) is 11.5 Å². The van der Waals surface area contributed by atoms with Crippen LogP contribution < -0.4 is 20.1 Å². The monoisotopic (exact) mass is 318 g/mol. The van der Waals surface area contributed by atoms with E-state index in [0.29, 0.717) is 17.2 Å². The highest BCUT2D eigenvalue weighted by Crippen LogP contribution is 2.29. The zero-order chi connectivity index (χ0) is 16.8. The highest BCUT2D eigenvalue weighted by atomic mass is 16.5. The first-order chi connectivity index (χ1) is 11.1. The lowest BCUT2D eigenvalue weighted by Gasteiger charge is -2.18. The number of carbonyl (C=O) groups excluding carboxylic acids is 1. The van der Waals surface area contributed by atoms with Crippen LogP contribution in [0.15, 0.2) is 30.6 Å². The van der Waals surface area contributed by atoms with Crippen LogP contribution in [0.4, 0.5) is 10.5 Å². The smallest absolute Gasteiger partial charge is 0.319 e. The van der Waals surface area contributed by atoms with Crippen molar-refractivity contribution in [3.8, 4) is 11.5 Å². The summed E-state index contributed by atoms with van der Waals surface area (Å²) in [6, 6.07) is 4.97. The number of benzene rings is 1. The molecule has 1 atom stereocenters. The molecular weight excluding hydrogens is 296 g/mol. The van der Waals surface area contributed by atoms with Crippen molar-refractivity contribution in [1.29, 1.82) is 0 Å². The maximum absolute atomic E-state index is 12.1. The van der Waals surface area contributed by atoms with E-state index in [1.54, 1.807) is 37.4 Å². The molecule has 2 rings (SSSR count). The molecule has 0 aliphatic carbocycles. The molecule has 1 aromatic carbocycles. The fraction of sp³-hybridized carbons (Fsp3) is 0.375. The number of amides is 2. The molecule has 2 N–H and O–H groups in total. The average molecular weight is 318 g/mol. The minimum Gasteiger partial charge on any atom is -0.497 e. The minimum atomic E-state index is -0.300. The van der Waals surface area contributed by atoms with Crippen LogP contribution in [-0.2, 0) is 6.54 Å². The summed E-state index contributed by atoms with van der Waals surface area (Å²) in [5, 5.41) is 9.75. The Balaban J connectivity index is 2.03. The molecule has 23 heavy (non-hydrogen) atoms. The van der Waals surface area contributed by atoms with Crippen LogP contribution in [0.1, 0.15) is 25.5 Å². The summed E-state index contributed by atoms with van der Waals surface area (Å²) >= 11 is 0. The molecule has 0 aliphatic rings. The van der Waals surface area contributed by atoms with E-state index in [4.69, 9.17) is 9.47 Å². The second-order valence-corrected chi connectivity index (χ2v) is 5.01. The molecule has 7 nitrogen and oxygen atoms in total. The average Bonchev–Trinajstić information content (AvgIpc) is 3.01. The fourth-order valence-corrected chi connectivity index (χ4v) is 2.22. The molecular formula is C16H22N4O3. The summed E-state index contributed by atoms with van der Waals surface area (Å²) in [5.41, 5.74) is 1.52. The van der Waals surface area contributed by atoms with Crippen molar-refractivity contribution in [1.82, 2.24) is 15.1 Å². The van der Waals surface area contributed by atoms with E-state index in [1.165, 1.54) is 0 Å². The number of anilines is 1. The Morgan fingerprint density at radius 2 is 2.13 bits per heavy atom. The van der Waals surface area contributed by atoms with Gasteiger partial charge in [0.2, 0.25) is 0 Å². The zero-order valence-electron chi connectivity index (χ0n) is 13.8. The third kappa shape index (κ3) is 4.15. The molecule has 2 amide bonds. The normalized spacial score (nSPS) is 11.7. The molecule has 0 fully saturated rings. The van der Waals surface area contributed by atoms with Gasteiger partial charge in [0.05, 0.1) is 32.1 Å². The molecule has 0 saturated heterocycles. The number of methoxy groups -OCH3 is 2. The van der Waals surface area contributed by atoms with Gasteiger partial charge in [-0.15, -0.1) is 0 Å². The maximum Gasteiger partial charge on any atom is 0.319 e. The van der Waals surface area contributed by atoms with E-state index in [1.807, 2.05) is 26.0 Å². The largest absolute Gasteiger partial charge is 0.497 e. The number of urea groups is 1. The van der Waals surface area contributed by atoms with Gasteiger partial charge in [0.15, 0.2) is 0 Å². The number of aryl methyl sites for hydroxylation is 1. The van der Waals surface area contributed by atoms with Gasteiger partial charge >= 0.3 is 6.03 Å². The number of carbonyl (C=O) groups is 1. The molecule has 1 heterocycles. The number of rotatable bonds is 6. The lowest BCUT2D eigenvalue weighted by molar-refractivity contribution is 0.249. The summed E-state index contributed by atoms with van der Waals surface area (Å²) < 4.78 is 12.3. The number of aromatic nitrogens is 2. The third-order valence-corrected chi connectivity index (χ3v) is 3.47. The Bertz CT molecular complexity index is 669. The van der Waals surface area contributed by atoms with Crippen molar-refractivity contribution in [2.75, 3.05) is 19.5 Å². The fourth-order valence-electron chi connectivity index (χ4n) is 2.22. The lowest BCUT2D eigenvalue weighted by Crippen LogP contribution is -2.31. The topological polar surface area (TPSA) is 77.4 Å². The standard InChI is InChI=1S/C16H22N4O3/c1-5-20-10-12(9-17-20)19-16(21)18-11(2)14-7-6-13(22-3)8-15(14)23-4/h6-11H,5H2,1-4H3,(H2,18,19,21)/t11-/m1/s1. The van der Waals surface area contributed by atoms with Gasteiger partial charge in [-0.3, -0.25) is 4.68 Å². The summed E-state index contributed by atoms with van der Waals surface area (Å²) in [6.07, 6.45) is 3.39. The second-order valence-electron chi connectivity index (χ2n) is 5.01. The van der Waals surface area contributed by atoms with E-state index >= 15 is 0 Å². The maximum atomic E-state index is 12.1. The van der Waals surface area contributed by atoms with Gasteiger partial charge in [-0.25, -0.2) is 4.79 Å². The molecule has 0 unspecified atom stereocenters. The minimum absolute atomic E-state index is 0.225. The molecule has 0 aliphatic heterocycles. The molecule has 2 aromatic rings. The quantitative estimate of drug-likeness (QED) is 0.858. The Labute approximate surface area is 135 Å². The van der Waals surface area contributed by atoms with E-state index in [0.717, 1.165) is 12.1 Å². The summed E-state index contributed by atoms with van der Waals surface area (Å²) in [5.74, 6) is 1.37. The second kappa shape index (κ2) is 7.53. The van der Waals surface area contributed by atoms with Crippen molar-refractivity contribution >= 4 is 11.7 Å². The van der Waals surface area contributed by atoms with Gasteiger partial charge < -0.3 is 20.1 Å². The van der Waals surface area contributed by atoms with Crippen LogP contribution in [-0.4, -0.2) is 30.0 Å². The first-order valence-electron chi connectivity index (χ1n) is 7.39. The highest BCUT2D eigenvalue weighted by Gasteiger charge is 2.15. The van der Waals surface area contributed by atoms with Crippen LogP contribution in [0.5, 0.6) is 11.5 Å². The number of hydrogen-bond acceptors (Lipinski definition) is 4. The number of ether oxygens (including phenoxy) is 2. The van der Waals surface area contributed by atoms with Crippen molar-refractivity contribution in [3.05, 3.63) is 36.2 Å². The SMILES string of the molecule is CCn1cc(NC(=O)N[C@H](C)c2ccc(OC)cc2OC)cn1. The number of hydrogen-bond donors (Lipinski definition) is 2. The Morgan fingerprint density at radius 3 is 2.74 bits per heavy atom. The van der Waals surface area contributed by atoms with Crippen molar-refractivity contribution in [3.63, 3.8) is 0 Å². The molecule has 1 aromatic heterocycles. The Morgan fingerprint density at radius 1 is 1.35 bits per heavy atom. The van der Waals surface area contributed by atoms with Crippen molar-refractivity contribution in [2.24, 2.45) is 0 Å². The van der Waals surface area contributed by atoms with Crippen LogP contribution in [0.3, 0.4) is 0 Å². The predicted octanol–water partition coefficient (Wildman–Crippen LogP) is 2.80. The van der Waals surface area contributed by atoms with Gasteiger partial charge in [0.25, 0.3) is 0 Å². The van der Waals surface area contributed by atoms with Crippen molar-refractivity contribution < 1.29 is 14.3 Å². The first-order valence-corrected chi connectivity index (χ1v) is 7.39. The third-order valence-electron chi connectivity index (χ3n) is 3.47. The van der Waals surface area contributed by atoms with E-state index in [2.05, 4.69) is 15.7 Å². The first kappa shape index (κ1) is 16.7. The lowest BCUT2D eigenvalue weighted by atomic mass is 10.1. The molecule has 0 bridgehead atoms. The summed E-state index contributed by atoms with van der Waals surface area (Å²) in [4.78, 5) is 12.1. The Hall–Kier alpha value is -2.70. The van der Waals surface area contributed by atoms with Crippen LogP contribution in [0.25, 0.3) is 0 Å². The summed E-state index contributed by atoms with van der Waals surface area (Å²) in [7, 11) is 3.18. The van der Waals surface area contributed by atoms with Crippen LogP contribution >= 0.6 is 0 Å². The van der Waals surface area contributed by atoms with Crippen LogP contribution in [0, 0.1) is 0 Å². The summed E-state index contributed by atoms with van der Waals surface area (Å²) in [6.45, 7) is 4.62. The Kier molecular flexibility index (Phi) is 5.46. The number of nitrogens with one attached hydrogen (secondary N) is 2. The molecule has 7 heteroatoms. The molecule has 0 spiro atoms. The molecule has 0 radical (unpaired) electrons. The molecule has 124 valence electrons. The van der Waals surface area contributed by atoms with Gasteiger partial charge in [-0.1, -0.05) is 0 Å². The van der Waals surface area contributed by atoms with E-state index in [9.17, 15) is 4.79 Å². The van der Waals surface area contributed by atoms with Crippen molar-refractivity contribution in [2.45, 2.75) is 26.4 Å². The van der Waals surface area contributed by atoms with Gasteiger partial charge in [-0.2, -0.15) is 5.10 Å². The van der Waals surface area contributed by atoms with E-state index in [-0.39, 0.29) is 12.1 Å². The highest BCUT2D eigenvalue weighted by molar-refractivity contribution is 5.89. The van der Waals surface area contributed by atoms with Gasteiger partial charge in [0, 0.05) is 24.4 Å². The van der Waals surface area contributed by atoms with E-state index < -0.39 is 0 Å².